The summed E-state index contributed by atoms with van der Waals surface area (Å²) in [6.45, 7) is 6.76. The number of piperidine rings is 1. The molecule has 102 valence electrons. The van der Waals surface area contributed by atoms with Gasteiger partial charge in [-0.2, -0.15) is 0 Å². The highest BCUT2D eigenvalue weighted by Crippen LogP contribution is 2.35. The van der Waals surface area contributed by atoms with E-state index in [0.717, 1.165) is 29.2 Å². The van der Waals surface area contributed by atoms with Crippen molar-refractivity contribution in [1.29, 1.82) is 0 Å². The van der Waals surface area contributed by atoms with Crippen LogP contribution in [0.1, 0.15) is 33.1 Å². The molecule has 0 saturated carbocycles. The van der Waals surface area contributed by atoms with Gasteiger partial charge in [-0.25, -0.2) is 9.38 Å². The van der Waals surface area contributed by atoms with Crippen LogP contribution >= 0.6 is 15.9 Å². The Hall–Kier alpha value is -1.17. The molecule has 2 aromatic heterocycles. The molecule has 19 heavy (non-hydrogen) atoms. The molecule has 0 spiro atoms. The Morgan fingerprint density at radius 3 is 2.79 bits per heavy atom. The Kier molecular flexibility index (Phi) is 3.20. The van der Waals surface area contributed by atoms with Crippen molar-refractivity contribution in [2.45, 2.75) is 33.1 Å². The van der Waals surface area contributed by atoms with Crippen LogP contribution in [0.25, 0.3) is 5.65 Å². The first-order chi connectivity index (χ1) is 9.13. The van der Waals surface area contributed by atoms with E-state index in [0.29, 0.717) is 5.41 Å². The molecule has 1 saturated heterocycles. The van der Waals surface area contributed by atoms with Gasteiger partial charge in [0.15, 0.2) is 5.65 Å². The quantitative estimate of drug-likeness (QED) is 0.852. The number of nitrogens with zero attached hydrogens (tertiary/aromatic N) is 5. The lowest BCUT2D eigenvalue weighted by Gasteiger charge is -2.39. The summed E-state index contributed by atoms with van der Waals surface area (Å²) >= 11 is 3.46. The number of anilines is 1. The third-order valence-corrected chi connectivity index (χ3v) is 4.94. The predicted octanol–water partition coefficient (Wildman–Crippen LogP) is 2.90. The number of rotatable bonds is 2. The largest absolute Gasteiger partial charge is 0.342 e. The lowest BCUT2D eigenvalue weighted by molar-refractivity contribution is 0.237. The Labute approximate surface area is 121 Å². The lowest BCUT2D eigenvalue weighted by atomic mass is 9.78. The molecular formula is C13H18BrN5. The fourth-order valence-corrected chi connectivity index (χ4v) is 2.99. The van der Waals surface area contributed by atoms with Gasteiger partial charge in [0.2, 0.25) is 5.95 Å². The molecular weight excluding hydrogens is 306 g/mol. The molecule has 0 unspecified atom stereocenters. The van der Waals surface area contributed by atoms with E-state index >= 15 is 0 Å². The van der Waals surface area contributed by atoms with Crippen LogP contribution in [0, 0.1) is 5.41 Å². The highest BCUT2D eigenvalue weighted by Gasteiger charge is 2.29. The first-order valence-corrected chi connectivity index (χ1v) is 7.51. The van der Waals surface area contributed by atoms with Crippen LogP contribution in [-0.4, -0.2) is 32.7 Å². The summed E-state index contributed by atoms with van der Waals surface area (Å²) in [6.07, 6.45) is 7.22. The van der Waals surface area contributed by atoms with Gasteiger partial charge in [0.1, 0.15) is 6.33 Å². The van der Waals surface area contributed by atoms with Crippen molar-refractivity contribution < 1.29 is 0 Å². The van der Waals surface area contributed by atoms with E-state index < -0.39 is 0 Å². The molecule has 0 atom stereocenters. The average molecular weight is 324 g/mol. The van der Waals surface area contributed by atoms with Crippen molar-refractivity contribution in [1.82, 2.24) is 19.6 Å². The summed E-state index contributed by atoms with van der Waals surface area (Å²) in [7, 11) is 0. The van der Waals surface area contributed by atoms with E-state index in [9.17, 15) is 0 Å². The highest BCUT2D eigenvalue weighted by molar-refractivity contribution is 9.10. The van der Waals surface area contributed by atoms with Crippen molar-refractivity contribution in [3.8, 4) is 0 Å². The highest BCUT2D eigenvalue weighted by atomic mass is 79.9. The normalized spacial score (nSPS) is 19.0. The molecule has 0 aromatic carbocycles. The average Bonchev–Trinajstić information content (AvgIpc) is 2.91. The van der Waals surface area contributed by atoms with Crippen LogP contribution in [0.3, 0.4) is 0 Å². The van der Waals surface area contributed by atoms with Gasteiger partial charge in [0.25, 0.3) is 0 Å². The molecule has 3 heterocycles. The number of fused-ring (bicyclic) bond motifs is 1. The molecule has 0 amide bonds. The molecule has 1 aliphatic heterocycles. The van der Waals surface area contributed by atoms with Gasteiger partial charge in [-0.05, 0) is 34.2 Å². The van der Waals surface area contributed by atoms with Crippen LogP contribution in [0.15, 0.2) is 17.0 Å². The van der Waals surface area contributed by atoms with Crippen molar-refractivity contribution in [2.75, 3.05) is 18.0 Å². The molecule has 0 N–H and O–H groups in total. The summed E-state index contributed by atoms with van der Waals surface area (Å²) in [4.78, 5) is 6.87. The number of aromatic nitrogens is 4. The standard InChI is InChI=1S/C13H18BrN5/c1-3-13(2)4-6-18(7-5-13)12-15-8-10(14)11-17-16-9-19(11)12/h8-9H,3-7H2,1-2H3. The lowest BCUT2D eigenvalue weighted by Crippen LogP contribution is -2.39. The smallest absolute Gasteiger partial charge is 0.212 e. The van der Waals surface area contributed by atoms with Gasteiger partial charge in [-0.3, -0.25) is 0 Å². The molecule has 5 nitrogen and oxygen atoms in total. The van der Waals surface area contributed by atoms with E-state index in [1.165, 1.54) is 19.3 Å². The number of halogens is 1. The molecule has 1 fully saturated rings. The summed E-state index contributed by atoms with van der Waals surface area (Å²) in [5.41, 5.74) is 1.31. The summed E-state index contributed by atoms with van der Waals surface area (Å²) in [6, 6.07) is 0. The maximum Gasteiger partial charge on any atom is 0.212 e. The first kappa shape index (κ1) is 12.8. The topological polar surface area (TPSA) is 46.3 Å². The van der Waals surface area contributed by atoms with E-state index in [1.54, 1.807) is 6.33 Å². The van der Waals surface area contributed by atoms with E-state index in [1.807, 2.05) is 10.6 Å². The van der Waals surface area contributed by atoms with Gasteiger partial charge in [0.05, 0.1) is 4.47 Å². The monoisotopic (exact) mass is 323 g/mol. The Bertz CT molecular complexity index is 586. The zero-order chi connectivity index (χ0) is 13.5. The molecule has 0 radical (unpaired) electrons. The second-order valence-electron chi connectivity index (χ2n) is 5.58. The first-order valence-electron chi connectivity index (χ1n) is 6.72. The summed E-state index contributed by atoms with van der Waals surface area (Å²) in [5.74, 6) is 0.946. The van der Waals surface area contributed by atoms with Gasteiger partial charge >= 0.3 is 0 Å². The summed E-state index contributed by atoms with van der Waals surface area (Å²) in [5, 5.41) is 8.10. The fraction of sp³-hybridized carbons (Fsp3) is 0.615. The molecule has 6 heteroatoms. The second kappa shape index (κ2) is 4.74. The van der Waals surface area contributed by atoms with Crippen molar-refractivity contribution >= 4 is 27.5 Å². The van der Waals surface area contributed by atoms with E-state index in [2.05, 4.69) is 49.9 Å². The van der Waals surface area contributed by atoms with E-state index in [-0.39, 0.29) is 0 Å². The van der Waals surface area contributed by atoms with Crippen LogP contribution in [0.4, 0.5) is 5.95 Å². The molecule has 0 aliphatic carbocycles. The predicted molar refractivity (Wildman–Crippen MR) is 78.3 cm³/mol. The number of hydrogen-bond acceptors (Lipinski definition) is 4. The van der Waals surface area contributed by atoms with Crippen molar-refractivity contribution in [3.05, 3.63) is 17.0 Å². The molecule has 3 rings (SSSR count). The molecule has 2 aromatic rings. The SMILES string of the molecule is CCC1(C)CCN(c2ncc(Br)c3nncn23)CC1. The Morgan fingerprint density at radius 1 is 1.37 bits per heavy atom. The third kappa shape index (κ3) is 2.22. The van der Waals surface area contributed by atoms with Gasteiger partial charge < -0.3 is 4.90 Å². The maximum atomic E-state index is 4.54. The summed E-state index contributed by atoms with van der Waals surface area (Å²) < 4.78 is 2.84. The zero-order valence-corrected chi connectivity index (χ0v) is 12.9. The van der Waals surface area contributed by atoms with Crippen LogP contribution in [-0.2, 0) is 0 Å². The minimum absolute atomic E-state index is 0.484. The van der Waals surface area contributed by atoms with Gasteiger partial charge in [-0.1, -0.05) is 20.3 Å². The Morgan fingerprint density at radius 2 is 2.11 bits per heavy atom. The third-order valence-electron chi connectivity index (χ3n) is 4.38. The second-order valence-corrected chi connectivity index (χ2v) is 6.44. The van der Waals surface area contributed by atoms with Gasteiger partial charge in [-0.15, -0.1) is 10.2 Å². The van der Waals surface area contributed by atoms with Crippen LogP contribution in [0.2, 0.25) is 0 Å². The van der Waals surface area contributed by atoms with Crippen molar-refractivity contribution in [3.63, 3.8) is 0 Å². The molecule has 1 aliphatic rings. The fourth-order valence-electron chi connectivity index (χ4n) is 2.61. The van der Waals surface area contributed by atoms with Crippen LogP contribution in [0.5, 0.6) is 0 Å². The minimum atomic E-state index is 0.484. The number of hydrogen-bond donors (Lipinski definition) is 0. The maximum absolute atomic E-state index is 4.54. The van der Waals surface area contributed by atoms with E-state index in [4.69, 9.17) is 0 Å². The van der Waals surface area contributed by atoms with Crippen LogP contribution < -0.4 is 4.90 Å². The van der Waals surface area contributed by atoms with Crippen molar-refractivity contribution in [2.24, 2.45) is 5.41 Å². The molecule has 0 bridgehead atoms. The Balaban J connectivity index is 1.90. The minimum Gasteiger partial charge on any atom is -0.342 e. The van der Waals surface area contributed by atoms with Gasteiger partial charge in [0, 0.05) is 19.3 Å². The zero-order valence-electron chi connectivity index (χ0n) is 11.3.